The molecule has 0 bridgehead atoms. The van der Waals surface area contributed by atoms with Crippen LogP contribution in [0.5, 0.6) is 0 Å². The second-order valence-corrected chi connectivity index (χ2v) is 4.38. The molecular formula is C13H23N. The van der Waals surface area contributed by atoms with E-state index in [1.165, 1.54) is 43.3 Å². The second kappa shape index (κ2) is 6.02. The van der Waals surface area contributed by atoms with Crippen molar-refractivity contribution in [2.75, 3.05) is 6.54 Å². The summed E-state index contributed by atoms with van der Waals surface area (Å²) in [7, 11) is 0. The topological polar surface area (TPSA) is 26.0 Å². The van der Waals surface area contributed by atoms with Crippen LogP contribution in [-0.2, 0) is 0 Å². The molecule has 0 saturated heterocycles. The van der Waals surface area contributed by atoms with Gasteiger partial charge in [0, 0.05) is 6.54 Å². The fraction of sp³-hybridized carbons (Fsp3) is 0.692. The van der Waals surface area contributed by atoms with Crippen molar-refractivity contribution in [1.82, 2.24) is 0 Å². The lowest BCUT2D eigenvalue weighted by atomic mass is 10.0. The normalized spacial score (nSPS) is 18.8. The van der Waals surface area contributed by atoms with E-state index in [4.69, 9.17) is 5.73 Å². The molecule has 0 amide bonds. The Morgan fingerprint density at radius 3 is 2.64 bits per heavy atom. The molecule has 0 unspecified atom stereocenters. The molecule has 2 N–H and O–H groups in total. The number of unbranched alkanes of at least 4 members (excludes halogenated alkanes) is 1. The number of rotatable bonds is 6. The summed E-state index contributed by atoms with van der Waals surface area (Å²) in [4.78, 5) is 0. The molecular weight excluding hydrogens is 170 g/mol. The van der Waals surface area contributed by atoms with Crippen molar-refractivity contribution < 1.29 is 0 Å². The highest BCUT2D eigenvalue weighted by molar-refractivity contribution is 5.25. The van der Waals surface area contributed by atoms with Crippen molar-refractivity contribution in [3.63, 3.8) is 0 Å². The van der Waals surface area contributed by atoms with E-state index in [0.717, 1.165) is 5.92 Å². The van der Waals surface area contributed by atoms with Crippen molar-refractivity contribution in [3.05, 3.63) is 23.3 Å². The Bertz CT molecular complexity index is 221. The van der Waals surface area contributed by atoms with Crippen LogP contribution in [0.1, 0.15) is 46.0 Å². The molecule has 80 valence electrons. The van der Waals surface area contributed by atoms with Crippen LogP contribution >= 0.6 is 0 Å². The Morgan fingerprint density at radius 1 is 1.43 bits per heavy atom. The molecule has 0 aromatic carbocycles. The van der Waals surface area contributed by atoms with Gasteiger partial charge in [-0.25, -0.2) is 0 Å². The van der Waals surface area contributed by atoms with Crippen molar-refractivity contribution in [2.45, 2.75) is 46.0 Å². The molecule has 0 aromatic heterocycles. The van der Waals surface area contributed by atoms with Crippen LogP contribution in [-0.4, -0.2) is 6.54 Å². The van der Waals surface area contributed by atoms with Gasteiger partial charge >= 0.3 is 0 Å². The molecule has 0 aromatic rings. The van der Waals surface area contributed by atoms with Gasteiger partial charge in [-0.1, -0.05) is 36.6 Å². The summed E-state index contributed by atoms with van der Waals surface area (Å²) < 4.78 is 0. The summed E-state index contributed by atoms with van der Waals surface area (Å²) in [5.74, 6) is 0.878. The van der Waals surface area contributed by atoms with Crippen LogP contribution in [0.15, 0.2) is 23.3 Å². The molecule has 1 saturated carbocycles. The zero-order valence-corrected chi connectivity index (χ0v) is 9.55. The number of hydrogen-bond acceptors (Lipinski definition) is 1. The lowest BCUT2D eigenvalue weighted by Crippen LogP contribution is -2.00. The van der Waals surface area contributed by atoms with Gasteiger partial charge in [0.15, 0.2) is 0 Å². The van der Waals surface area contributed by atoms with E-state index in [9.17, 15) is 0 Å². The van der Waals surface area contributed by atoms with E-state index in [2.05, 4.69) is 26.0 Å². The fourth-order valence-corrected chi connectivity index (χ4v) is 1.53. The Hall–Kier alpha value is -0.560. The third-order valence-corrected chi connectivity index (χ3v) is 2.64. The molecule has 1 nitrogen and oxygen atoms in total. The van der Waals surface area contributed by atoms with Gasteiger partial charge in [0.25, 0.3) is 0 Å². The summed E-state index contributed by atoms with van der Waals surface area (Å²) in [5, 5.41) is 0. The van der Waals surface area contributed by atoms with Crippen molar-refractivity contribution in [3.8, 4) is 0 Å². The number of allylic oxidation sites excluding steroid dienone is 3. The average Bonchev–Trinajstić information content (AvgIpc) is 2.97. The summed E-state index contributed by atoms with van der Waals surface area (Å²) in [6, 6.07) is 0. The Balaban J connectivity index is 2.51. The molecule has 0 aliphatic heterocycles. The highest BCUT2D eigenvalue weighted by atomic mass is 14.5. The second-order valence-electron chi connectivity index (χ2n) is 4.38. The minimum Gasteiger partial charge on any atom is -0.327 e. The molecule has 1 aliphatic rings. The maximum absolute atomic E-state index is 5.60. The molecule has 0 heterocycles. The van der Waals surface area contributed by atoms with Gasteiger partial charge in [-0.3, -0.25) is 0 Å². The lowest BCUT2D eigenvalue weighted by Gasteiger charge is -2.03. The van der Waals surface area contributed by atoms with Crippen LogP contribution in [0.25, 0.3) is 0 Å². The first-order chi connectivity index (χ1) is 6.76. The first kappa shape index (κ1) is 11.5. The van der Waals surface area contributed by atoms with Crippen LogP contribution in [0.2, 0.25) is 0 Å². The first-order valence-electron chi connectivity index (χ1n) is 5.84. The quantitative estimate of drug-likeness (QED) is 0.643. The third kappa shape index (κ3) is 4.61. The van der Waals surface area contributed by atoms with E-state index >= 15 is 0 Å². The highest BCUT2D eigenvalue weighted by Gasteiger charge is 2.18. The van der Waals surface area contributed by atoms with E-state index in [0.29, 0.717) is 6.54 Å². The van der Waals surface area contributed by atoms with Crippen molar-refractivity contribution in [1.29, 1.82) is 0 Å². The summed E-state index contributed by atoms with van der Waals surface area (Å²) >= 11 is 0. The Morgan fingerprint density at radius 2 is 2.14 bits per heavy atom. The first-order valence-corrected chi connectivity index (χ1v) is 5.84. The van der Waals surface area contributed by atoms with E-state index in [-0.39, 0.29) is 0 Å². The maximum atomic E-state index is 5.60. The largest absolute Gasteiger partial charge is 0.327 e. The Kier molecular flexibility index (Phi) is 4.95. The smallest absolute Gasteiger partial charge is 0.0137 e. The summed E-state index contributed by atoms with van der Waals surface area (Å²) in [5.41, 5.74) is 8.41. The van der Waals surface area contributed by atoms with Gasteiger partial charge in [0.05, 0.1) is 0 Å². The predicted molar refractivity (Wildman–Crippen MR) is 63.1 cm³/mol. The monoisotopic (exact) mass is 193 g/mol. The molecule has 1 heteroatoms. The number of nitrogens with two attached hydrogens (primary N) is 1. The van der Waals surface area contributed by atoms with Gasteiger partial charge in [0.2, 0.25) is 0 Å². The highest BCUT2D eigenvalue weighted by Crippen LogP contribution is 2.32. The molecule has 0 spiro atoms. The van der Waals surface area contributed by atoms with E-state index in [1.54, 1.807) is 0 Å². The zero-order valence-electron chi connectivity index (χ0n) is 9.55. The SMILES string of the molecule is CCCCC(=C/C1CC1)/C=C(\C)CN. The van der Waals surface area contributed by atoms with Gasteiger partial charge in [-0.15, -0.1) is 0 Å². The van der Waals surface area contributed by atoms with Gasteiger partial charge in [-0.2, -0.15) is 0 Å². The molecule has 0 atom stereocenters. The van der Waals surface area contributed by atoms with Gasteiger partial charge in [0.1, 0.15) is 0 Å². The number of hydrogen-bond donors (Lipinski definition) is 1. The van der Waals surface area contributed by atoms with Crippen LogP contribution < -0.4 is 5.73 Å². The minimum atomic E-state index is 0.689. The Labute approximate surface area is 88.1 Å². The molecule has 1 rings (SSSR count). The van der Waals surface area contributed by atoms with Gasteiger partial charge < -0.3 is 5.73 Å². The average molecular weight is 193 g/mol. The minimum absolute atomic E-state index is 0.689. The van der Waals surface area contributed by atoms with E-state index < -0.39 is 0 Å². The molecule has 14 heavy (non-hydrogen) atoms. The molecule has 1 fully saturated rings. The van der Waals surface area contributed by atoms with Crippen LogP contribution in [0, 0.1) is 5.92 Å². The molecule has 1 aliphatic carbocycles. The van der Waals surface area contributed by atoms with E-state index in [1.807, 2.05) is 0 Å². The summed E-state index contributed by atoms with van der Waals surface area (Å²) in [6.45, 7) is 5.05. The van der Waals surface area contributed by atoms with Crippen LogP contribution in [0.4, 0.5) is 0 Å². The maximum Gasteiger partial charge on any atom is 0.0137 e. The lowest BCUT2D eigenvalue weighted by molar-refractivity contribution is 0.791. The van der Waals surface area contributed by atoms with Crippen molar-refractivity contribution >= 4 is 0 Å². The summed E-state index contributed by atoms with van der Waals surface area (Å²) in [6.07, 6.45) is 11.3. The molecule has 0 radical (unpaired) electrons. The third-order valence-electron chi connectivity index (χ3n) is 2.64. The van der Waals surface area contributed by atoms with Crippen molar-refractivity contribution in [2.24, 2.45) is 11.7 Å². The zero-order chi connectivity index (χ0) is 10.4. The fourth-order valence-electron chi connectivity index (χ4n) is 1.53. The van der Waals surface area contributed by atoms with Crippen LogP contribution in [0.3, 0.4) is 0 Å². The predicted octanol–water partition coefficient (Wildman–Crippen LogP) is 3.42. The standard InChI is InChI=1S/C13H23N/c1-3-4-5-13(8-11(2)10-14)9-12-6-7-12/h8-9,12H,3-7,10,14H2,1-2H3/b11-8+,13-9-. The van der Waals surface area contributed by atoms with Gasteiger partial charge in [-0.05, 0) is 38.5 Å².